The van der Waals surface area contributed by atoms with E-state index in [0.29, 0.717) is 64.7 Å². The number of carbonyl (C=O) groups excluding carboxylic acids is 2. The van der Waals surface area contributed by atoms with Gasteiger partial charge in [-0.25, -0.2) is 14.8 Å². The lowest BCUT2D eigenvalue weighted by Crippen LogP contribution is -2.19. The molecule has 6 rings (SSSR count). The highest BCUT2D eigenvalue weighted by Gasteiger charge is 2.37. The van der Waals surface area contributed by atoms with Crippen molar-refractivity contribution in [2.45, 2.75) is 45.8 Å². The first-order valence-corrected chi connectivity index (χ1v) is 14.8. The summed E-state index contributed by atoms with van der Waals surface area (Å²) >= 11 is 0. The number of aryl methyl sites for hydroxylation is 2. The maximum atomic E-state index is 13.3. The van der Waals surface area contributed by atoms with E-state index in [9.17, 15) is 14.7 Å². The fraction of sp³-hybridized carbons (Fsp3) is 0.323. The number of methoxy groups -OCH3 is 1. The van der Waals surface area contributed by atoms with E-state index in [1.165, 1.54) is 7.11 Å². The number of anilines is 2. The van der Waals surface area contributed by atoms with Crippen molar-refractivity contribution in [1.29, 1.82) is 0 Å². The molecule has 1 amide bonds. The number of fused-ring (bicyclic) bond motifs is 2. The Morgan fingerprint density at radius 3 is 2.57 bits per heavy atom. The van der Waals surface area contributed by atoms with Crippen molar-refractivity contribution in [3.05, 3.63) is 71.1 Å². The van der Waals surface area contributed by atoms with Crippen molar-refractivity contribution in [3.63, 3.8) is 0 Å². The van der Waals surface area contributed by atoms with E-state index in [1.807, 2.05) is 47.3 Å². The summed E-state index contributed by atoms with van der Waals surface area (Å²) in [7, 11) is 1.31. The molecule has 1 aliphatic heterocycles. The molecule has 4 heterocycles. The zero-order valence-corrected chi connectivity index (χ0v) is 25.6. The summed E-state index contributed by atoms with van der Waals surface area (Å²) in [5.74, 6) is 0.243. The number of aliphatic hydroxyl groups is 1. The Morgan fingerprint density at radius 2 is 1.87 bits per heavy atom. The Balaban J connectivity index is 1.30. The van der Waals surface area contributed by atoms with Gasteiger partial charge in [-0.15, -0.1) is 0 Å². The molecule has 240 valence electrons. The third kappa shape index (κ3) is 5.90. The Hall–Kier alpha value is -5.25. The van der Waals surface area contributed by atoms with E-state index >= 15 is 0 Å². The van der Waals surface area contributed by atoms with E-state index in [4.69, 9.17) is 25.7 Å². The summed E-state index contributed by atoms with van der Waals surface area (Å²) < 4.78 is 21.4. The molecule has 1 aliphatic rings. The molecule has 6 N–H and O–H groups in total. The van der Waals surface area contributed by atoms with Crippen molar-refractivity contribution in [2.75, 3.05) is 31.4 Å². The van der Waals surface area contributed by atoms with Crippen LogP contribution in [0.25, 0.3) is 22.1 Å². The van der Waals surface area contributed by atoms with Crippen LogP contribution in [0.2, 0.25) is 0 Å². The van der Waals surface area contributed by atoms with Crippen LogP contribution in [0.1, 0.15) is 45.1 Å². The Labute approximate surface area is 263 Å². The van der Waals surface area contributed by atoms with Crippen LogP contribution in [-0.2, 0) is 29.1 Å². The molecule has 2 unspecified atom stereocenters. The second kappa shape index (κ2) is 12.6. The second-order valence-electron chi connectivity index (χ2n) is 10.7. The number of nitrogens with one attached hydrogen (secondary N) is 1. The standard InChI is InChI=1S/C31H35N9O6/c1-4-40-23(13-17(2)37-40)28(42)36-31-35-20-14-18(29(43)44-3)7-8-22(20)38(31)9-5-6-10-39-25-21(34-30(39)33)15-19(26-27(32)46-26)16-24(25)45-12-11-41/h5-8,13-16,26-27,41H,4,9-12,32H2,1-3H3,(H2,33,34)(H,35,36,42)/b6-5+. The number of aliphatic hydroxyl groups excluding tert-OH is 1. The molecule has 1 saturated heterocycles. The number of allylic oxidation sites excluding steroid dienone is 2. The Bertz CT molecular complexity index is 1970. The minimum atomic E-state index is -0.489. The number of nitrogen functional groups attached to an aromatic ring is 1. The quantitative estimate of drug-likeness (QED) is 0.0897. The highest BCUT2D eigenvalue weighted by atomic mass is 16.6. The van der Waals surface area contributed by atoms with Gasteiger partial charge >= 0.3 is 5.97 Å². The number of hydrogen-bond donors (Lipinski definition) is 4. The highest BCUT2D eigenvalue weighted by Crippen LogP contribution is 2.40. The molecule has 0 radical (unpaired) electrons. The average molecular weight is 630 g/mol. The van der Waals surface area contributed by atoms with E-state index in [1.54, 1.807) is 28.9 Å². The van der Waals surface area contributed by atoms with Crippen LogP contribution in [0.3, 0.4) is 0 Å². The number of imidazole rings is 2. The van der Waals surface area contributed by atoms with E-state index in [0.717, 1.165) is 11.3 Å². The van der Waals surface area contributed by atoms with Crippen LogP contribution >= 0.6 is 0 Å². The average Bonchev–Trinajstić information content (AvgIpc) is 3.34. The number of nitrogens with zero attached hydrogens (tertiary/aromatic N) is 6. The lowest BCUT2D eigenvalue weighted by Gasteiger charge is -2.11. The van der Waals surface area contributed by atoms with Crippen molar-refractivity contribution >= 4 is 45.8 Å². The van der Waals surface area contributed by atoms with Crippen molar-refractivity contribution in [1.82, 2.24) is 28.9 Å². The molecular formula is C31H35N9O6. The smallest absolute Gasteiger partial charge is 0.337 e. The molecule has 46 heavy (non-hydrogen) atoms. The highest BCUT2D eigenvalue weighted by molar-refractivity contribution is 6.03. The number of ether oxygens (including phenoxy) is 3. The third-order valence-electron chi connectivity index (χ3n) is 7.63. The minimum Gasteiger partial charge on any atom is -0.489 e. The first-order valence-electron chi connectivity index (χ1n) is 14.8. The second-order valence-corrected chi connectivity index (χ2v) is 10.7. The fourth-order valence-electron chi connectivity index (χ4n) is 5.43. The van der Waals surface area contributed by atoms with Gasteiger partial charge in [0.05, 0.1) is 41.5 Å². The van der Waals surface area contributed by atoms with Gasteiger partial charge in [0.25, 0.3) is 5.91 Å². The third-order valence-corrected chi connectivity index (χ3v) is 7.63. The molecular weight excluding hydrogens is 594 g/mol. The molecule has 15 heteroatoms. The molecule has 1 fully saturated rings. The summed E-state index contributed by atoms with van der Waals surface area (Å²) in [6, 6.07) is 10.5. The predicted molar refractivity (Wildman–Crippen MR) is 169 cm³/mol. The van der Waals surface area contributed by atoms with E-state index in [2.05, 4.69) is 20.4 Å². The maximum Gasteiger partial charge on any atom is 0.337 e. The largest absolute Gasteiger partial charge is 0.489 e. The first kappa shape index (κ1) is 30.8. The minimum absolute atomic E-state index is 0.0928. The number of nitrogens with two attached hydrogens (primary N) is 2. The molecule has 0 saturated carbocycles. The summed E-state index contributed by atoms with van der Waals surface area (Å²) in [4.78, 5) is 34.7. The molecule has 0 bridgehead atoms. The lowest BCUT2D eigenvalue weighted by atomic mass is 10.1. The van der Waals surface area contributed by atoms with Gasteiger partial charge in [0.15, 0.2) is 0 Å². The SMILES string of the molecule is CCn1nc(C)cc1C(=O)Nc1nc2cc(C(=O)OC)ccc2n1C/C=C/Cn1c(N)nc2cc(C3OC3N)cc(OCCO)c21. The Kier molecular flexibility index (Phi) is 8.44. The number of esters is 1. The molecule has 2 aromatic carbocycles. The van der Waals surface area contributed by atoms with Gasteiger partial charge in [-0.05, 0) is 55.8 Å². The van der Waals surface area contributed by atoms with E-state index < -0.39 is 5.97 Å². The molecule has 5 aromatic rings. The number of epoxide rings is 1. The summed E-state index contributed by atoms with van der Waals surface area (Å²) in [6.45, 7) is 4.88. The molecule has 2 atom stereocenters. The van der Waals surface area contributed by atoms with Gasteiger partial charge in [-0.3, -0.25) is 14.8 Å². The first-order chi connectivity index (χ1) is 22.2. The number of rotatable bonds is 12. The van der Waals surface area contributed by atoms with Crippen LogP contribution in [-0.4, -0.2) is 72.4 Å². The lowest BCUT2D eigenvalue weighted by molar-refractivity contribution is 0.0600. The van der Waals surface area contributed by atoms with Crippen LogP contribution in [0, 0.1) is 6.92 Å². The molecule has 0 aliphatic carbocycles. The predicted octanol–water partition coefficient (Wildman–Crippen LogP) is 2.52. The molecule has 15 nitrogen and oxygen atoms in total. The van der Waals surface area contributed by atoms with Crippen LogP contribution in [0.4, 0.5) is 11.9 Å². The van der Waals surface area contributed by atoms with Gasteiger partial charge in [-0.1, -0.05) is 12.2 Å². The van der Waals surface area contributed by atoms with Gasteiger partial charge in [-0.2, -0.15) is 5.10 Å². The summed E-state index contributed by atoms with van der Waals surface area (Å²) in [5.41, 5.74) is 17.0. The van der Waals surface area contributed by atoms with E-state index in [-0.39, 0.29) is 37.4 Å². The number of benzene rings is 2. The summed E-state index contributed by atoms with van der Waals surface area (Å²) in [6.07, 6.45) is 3.19. The Morgan fingerprint density at radius 1 is 1.11 bits per heavy atom. The molecule has 3 aromatic heterocycles. The number of hydrogen-bond acceptors (Lipinski definition) is 11. The van der Waals surface area contributed by atoms with Crippen molar-refractivity contribution in [3.8, 4) is 5.75 Å². The zero-order valence-electron chi connectivity index (χ0n) is 25.6. The van der Waals surface area contributed by atoms with Crippen LogP contribution in [0.15, 0.2) is 48.6 Å². The number of amides is 1. The van der Waals surface area contributed by atoms with Crippen LogP contribution in [0.5, 0.6) is 5.75 Å². The van der Waals surface area contributed by atoms with Gasteiger partial charge < -0.3 is 39.9 Å². The zero-order chi connectivity index (χ0) is 32.5. The number of aromatic nitrogens is 6. The van der Waals surface area contributed by atoms with Gasteiger partial charge in [0.1, 0.15) is 35.9 Å². The molecule has 0 spiro atoms. The topological polar surface area (TPSA) is 203 Å². The maximum absolute atomic E-state index is 13.3. The van der Waals surface area contributed by atoms with Gasteiger partial charge in [0.2, 0.25) is 11.9 Å². The normalized spacial score (nSPS) is 16.0. The monoisotopic (exact) mass is 629 g/mol. The van der Waals surface area contributed by atoms with Gasteiger partial charge in [0, 0.05) is 19.6 Å². The summed E-state index contributed by atoms with van der Waals surface area (Å²) in [5, 5.41) is 16.7. The van der Waals surface area contributed by atoms with Crippen LogP contribution < -0.4 is 21.5 Å². The van der Waals surface area contributed by atoms with Crippen molar-refractivity contribution in [2.24, 2.45) is 5.73 Å². The van der Waals surface area contributed by atoms with Crippen molar-refractivity contribution < 1.29 is 28.9 Å². The number of carbonyl (C=O) groups is 2. The fourth-order valence-corrected chi connectivity index (χ4v) is 5.43.